The molecule has 0 bridgehead atoms. The van der Waals surface area contributed by atoms with E-state index in [9.17, 15) is 14.4 Å². The molecule has 3 rings (SSSR count). The molecule has 0 fully saturated rings. The lowest BCUT2D eigenvalue weighted by Gasteiger charge is -2.22. The monoisotopic (exact) mass is 450 g/mol. The minimum absolute atomic E-state index is 0.0828. The van der Waals surface area contributed by atoms with E-state index in [0.717, 1.165) is 5.56 Å². The fourth-order valence-electron chi connectivity index (χ4n) is 3.27. The average molecular weight is 451 g/mol. The first-order chi connectivity index (χ1) is 15.5. The van der Waals surface area contributed by atoms with Crippen LogP contribution in [0.5, 0.6) is 0 Å². The van der Waals surface area contributed by atoms with E-state index in [1.165, 1.54) is 7.11 Å². The number of methoxy groups -OCH3 is 1. The molecule has 3 aromatic rings. The van der Waals surface area contributed by atoms with Crippen LogP contribution in [0.25, 0.3) is 0 Å². The van der Waals surface area contributed by atoms with Crippen molar-refractivity contribution in [1.29, 1.82) is 0 Å². The van der Waals surface area contributed by atoms with Crippen molar-refractivity contribution in [1.82, 2.24) is 10.6 Å². The van der Waals surface area contributed by atoms with Gasteiger partial charge >= 0.3 is 5.97 Å². The highest BCUT2D eigenvalue weighted by molar-refractivity contribution is 6.33. The normalized spacial score (nSPS) is 12.3. The lowest BCUT2D eigenvalue weighted by atomic mass is 10.0. The molecule has 0 radical (unpaired) electrons. The Kier molecular flexibility index (Phi) is 8.00. The molecule has 0 saturated carbocycles. The molecule has 32 heavy (non-hydrogen) atoms. The molecule has 7 heteroatoms. The molecule has 2 N–H and O–H groups in total. The first-order valence-corrected chi connectivity index (χ1v) is 10.4. The number of rotatable bonds is 8. The first kappa shape index (κ1) is 23.0. The topological polar surface area (TPSA) is 84.5 Å². The van der Waals surface area contributed by atoms with Crippen LogP contribution in [0, 0.1) is 0 Å². The summed E-state index contributed by atoms with van der Waals surface area (Å²) in [4.78, 5) is 38.0. The SMILES string of the molecule is COC(=O)C(NC(=O)CC(NC(=O)c1ccccc1Cl)c1ccccc1)c1ccccc1. The number of halogens is 1. The molecule has 0 aliphatic carbocycles. The van der Waals surface area contributed by atoms with Gasteiger partial charge in [-0.2, -0.15) is 0 Å². The van der Waals surface area contributed by atoms with Gasteiger partial charge in [-0.3, -0.25) is 9.59 Å². The van der Waals surface area contributed by atoms with Gasteiger partial charge in [0.05, 0.1) is 30.2 Å². The van der Waals surface area contributed by atoms with Gasteiger partial charge < -0.3 is 15.4 Å². The Morgan fingerprint density at radius 3 is 1.97 bits per heavy atom. The number of nitrogens with one attached hydrogen (secondary N) is 2. The van der Waals surface area contributed by atoms with Gasteiger partial charge in [0, 0.05) is 0 Å². The molecule has 3 aromatic carbocycles. The second-order valence-electron chi connectivity index (χ2n) is 7.06. The van der Waals surface area contributed by atoms with Crippen LogP contribution >= 0.6 is 11.6 Å². The minimum atomic E-state index is -0.954. The van der Waals surface area contributed by atoms with Crippen LogP contribution in [0.1, 0.15) is 40.0 Å². The smallest absolute Gasteiger partial charge is 0.333 e. The Morgan fingerprint density at radius 2 is 1.38 bits per heavy atom. The third-order valence-corrected chi connectivity index (χ3v) is 5.22. The van der Waals surface area contributed by atoms with E-state index < -0.39 is 29.9 Å². The van der Waals surface area contributed by atoms with Crippen LogP contribution in [0.2, 0.25) is 5.02 Å². The number of hydrogen-bond donors (Lipinski definition) is 2. The minimum Gasteiger partial charge on any atom is -0.467 e. The number of ether oxygens (including phenoxy) is 1. The maximum atomic E-state index is 12.9. The number of esters is 1. The summed E-state index contributed by atoms with van der Waals surface area (Å²) in [6.07, 6.45) is -0.0828. The number of carbonyl (C=O) groups excluding carboxylic acids is 3. The van der Waals surface area contributed by atoms with Gasteiger partial charge in [0.15, 0.2) is 6.04 Å². The average Bonchev–Trinajstić information content (AvgIpc) is 2.83. The van der Waals surface area contributed by atoms with E-state index in [4.69, 9.17) is 16.3 Å². The summed E-state index contributed by atoms with van der Waals surface area (Å²) in [6.45, 7) is 0. The predicted octanol–water partition coefficient (Wildman–Crippen LogP) is 4.23. The maximum absolute atomic E-state index is 12.9. The summed E-state index contributed by atoms with van der Waals surface area (Å²) in [5, 5.41) is 5.91. The number of benzene rings is 3. The van der Waals surface area contributed by atoms with Crippen molar-refractivity contribution in [3.8, 4) is 0 Å². The quantitative estimate of drug-likeness (QED) is 0.503. The van der Waals surface area contributed by atoms with Crippen LogP contribution in [0.15, 0.2) is 84.9 Å². The zero-order valence-electron chi connectivity index (χ0n) is 17.5. The Bertz CT molecular complexity index is 1070. The summed E-state index contributed by atoms with van der Waals surface area (Å²) in [6, 6.07) is 23.1. The molecule has 2 unspecified atom stereocenters. The van der Waals surface area contributed by atoms with Crippen LogP contribution in [0.3, 0.4) is 0 Å². The lowest BCUT2D eigenvalue weighted by molar-refractivity contribution is -0.145. The van der Waals surface area contributed by atoms with Crippen LogP contribution < -0.4 is 10.6 Å². The molecule has 164 valence electrons. The van der Waals surface area contributed by atoms with Crippen molar-refractivity contribution >= 4 is 29.4 Å². The Hall–Kier alpha value is -3.64. The van der Waals surface area contributed by atoms with Crippen LogP contribution in [-0.4, -0.2) is 24.9 Å². The maximum Gasteiger partial charge on any atom is 0.333 e. The second-order valence-corrected chi connectivity index (χ2v) is 7.46. The summed E-state index contributed by atoms with van der Waals surface area (Å²) >= 11 is 6.15. The third-order valence-electron chi connectivity index (χ3n) is 4.89. The van der Waals surface area contributed by atoms with Gasteiger partial charge in [0.25, 0.3) is 5.91 Å². The third kappa shape index (κ3) is 5.95. The van der Waals surface area contributed by atoms with E-state index >= 15 is 0 Å². The zero-order valence-corrected chi connectivity index (χ0v) is 18.2. The second kappa shape index (κ2) is 11.1. The largest absolute Gasteiger partial charge is 0.467 e. The van der Waals surface area contributed by atoms with Crippen molar-refractivity contribution in [2.45, 2.75) is 18.5 Å². The molecule has 0 aliphatic rings. The predicted molar refractivity (Wildman–Crippen MR) is 122 cm³/mol. The van der Waals surface area contributed by atoms with Gasteiger partial charge in [-0.25, -0.2) is 4.79 Å². The molecule has 0 saturated heterocycles. The van der Waals surface area contributed by atoms with Gasteiger partial charge in [0.2, 0.25) is 5.91 Å². The molecule has 0 aliphatic heterocycles. The molecule has 6 nitrogen and oxygen atoms in total. The highest BCUT2D eigenvalue weighted by Crippen LogP contribution is 2.21. The van der Waals surface area contributed by atoms with Gasteiger partial charge in [-0.05, 0) is 23.3 Å². The highest BCUT2D eigenvalue weighted by Gasteiger charge is 2.26. The molecule has 0 aromatic heterocycles. The van der Waals surface area contributed by atoms with Crippen LogP contribution in [0.4, 0.5) is 0 Å². The standard InChI is InChI=1S/C25H23ClN2O4/c1-32-25(31)23(18-12-6-3-7-13-18)28-22(29)16-21(17-10-4-2-5-11-17)27-24(30)19-14-8-9-15-20(19)26/h2-15,21,23H,16H2,1H3,(H,27,30)(H,28,29). The van der Waals surface area contributed by atoms with Crippen molar-refractivity contribution in [3.05, 3.63) is 107 Å². The molecule has 2 amide bonds. The van der Waals surface area contributed by atoms with E-state index in [1.54, 1.807) is 48.5 Å². The molecule has 0 heterocycles. The summed E-state index contributed by atoms with van der Waals surface area (Å²) in [7, 11) is 1.26. The molecular formula is C25H23ClN2O4. The van der Waals surface area contributed by atoms with Gasteiger partial charge in [0.1, 0.15) is 0 Å². The summed E-state index contributed by atoms with van der Waals surface area (Å²) < 4.78 is 4.85. The fraction of sp³-hybridized carbons (Fsp3) is 0.160. The van der Waals surface area contributed by atoms with Gasteiger partial charge in [-0.15, -0.1) is 0 Å². The molecule has 2 atom stereocenters. The first-order valence-electron chi connectivity index (χ1n) is 10.0. The Labute approximate surface area is 191 Å². The Morgan fingerprint density at radius 1 is 0.812 bits per heavy atom. The van der Waals surface area contributed by atoms with Crippen LogP contribution in [-0.2, 0) is 14.3 Å². The summed E-state index contributed by atoms with van der Waals surface area (Å²) in [5.74, 6) is -1.40. The zero-order chi connectivity index (χ0) is 22.9. The lowest BCUT2D eigenvalue weighted by Crippen LogP contribution is -2.38. The van der Waals surface area contributed by atoms with Crippen molar-refractivity contribution in [3.63, 3.8) is 0 Å². The fourth-order valence-corrected chi connectivity index (χ4v) is 3.49. The van der Waals surface area contributed by atoms with Gasteiger partial charge in [-0.1, -0.05) is 84.4 Å². The van der Waals surface area contributed by atoms with E-state index in [2.05, 4.69) is 10.6 Å². The molecule has 0 spiro atoms. The van der Waals surface area contributed by atoms with E-state index in [1.807, 2.05) is 36.4 Å². The summed E-state index contributed by atoms with van der Waals surface area (Å²) in [5.41, 5.74) is 1.66. The number of carbonyl (C=O) groups is 3. The number of amides is 2. The Balaban J connectivity index is 1.80. The van der Waals surface area contributed by atoms with Crippen molar-refractivity contribution in [2.24, 2.45) is 0 Å². The van der Waals surface area contributed by atoms with E-state index in [-0.39, 0.29) is 6.42 Å². The van der Waals surface area contributed by atoms with Crippen molar-refractivity contribution in [2.75, 3.05) is 7.11 Å². The van der Waals surface area contributed by atoms with Crippen molar-refractivity contribution < 1.29 is 19.1 Å². The van der Waals surface area contributed by atoms with E-state index in [0.29, 0.717) is 16.1 Å². The highest BCUT2D eigenvalue weighted by atomic mass is 35.5. The molecular weight excluding hydrogens is 428 g/mol. The number of hydrogen-bond acceptors (Lipinski definition) is 4.